The molecule has 0 aliphatic heterocycles. The first-order valence-corrected chi connectivity index (χ1v) is 5.39. The van der Waals surface area contributed by atoms with Gasteiger partial charge in [0.05, 0.1) is 0 Å². The normalized spacial score (nSPS) is 9.94. The van der Waals surface area contributed by atoms with Gasteiger partial charge in [0.25, 0.3) is 0 Å². The van der Waals surface area contributed by atoms with E-state index in [0.29, 0.717) is 5.57 Å². The second-order valence-corrected chi connectivity index (χ2v) is 3.85. The van der Waals surface area contributed by atoms with Crippen molar-refractivity contribution in [2.75, 3.05) is 0 Å². The summed E-state index contributed by atoms with van der Waals surface area (Å²) in [6, 6.07) is 11.7. The van der Waals surface area contributed by atoms with Crippen molar-refractivity contribution in [3.63, 3.8) is 0 Å². The average Bonchev–Trinajstić information content (AvgIpc) is 2.39. The van der Waals surface area contributed by atoms with Gasteiger partial charge in [0.1, 0.15) is 0 Å². The molecule has 2 rings (SSSR count). The van der Waals surface area contributed by atoms with E-state index in [-0.39, 0.29) is 5.78 Å². The number of benzene rings is 1. The smallest absolute Gasteiger partial charge is 0.159 e. The van der Waals surface area contributed by atoms with Crippen LogP contribution in [0.25, 0.3) is 16.7 Å². The number of rotatable bonds is 3. The zero-order chi connectivity index (χ0) is 12.3. The van der Waals surface area contributed by atoms with E-state index in [1.165, 1.54) is 6.92 Å². The van der Waals surface area contributed by atoms with E-state index in [9.17, 15) is 4.79 Å². The van der Waals surface area contributed by atoms with Crippen LogP contribution in [0.5, 0.6) is 0 Å². The van der Waals surface area contributed by atoms with Crippen molar-refractivity contribution in [1.29, 1.82) is 0 Å². The van der Waals surface area contributed by atoms with E-state index in [2.05, 4.69) is 11.6 Å². The van der Waals surface area contributed by atoms with Gasteiger partial charge in [0.2, 0.25) is 0 Å². The standard InChI is InChI=1S/C15H13NO/c1-11(12(2)17)13-3-5-14(6-4-13)15-7-9-16-10-8-15/h3-10H,1H2,2H3. The van der Waals surface area contributed by atoms with Crippen LogP contribution in [-0.4, -0.2) is 10.8 Å². The van der Waals surface area contributed by atoms with Crippen molar-refractivity contribution in [2.45, 2.75) is 6.92 Å². The number of hydrogen-bond acceptors (Lipinski definition) is 2. The molecule has 0 spiro atoms. The molecule has 17 heavy (non-hydrogen) atoms. The third kappa shape index (κ3) is 2.48. The first kappa shape index (κ1) is 11.3. The molecule has 0 atom stereocenters. The van der Waals surface area contributed by atoms with Crippen molar-refractivity contribution in [3.05, 3.63) is 60.9 Å². The Balaban J connectivity index is 2.31. The van der Waals surface area contributed by atoms with Gasteiger partial charge in [-0.2, -0.15) is 0 Å². The van der Waals surface area contributed by atoms with Gasteiger partial charge in [-0.25, -0.2) is 0 Å². The Labute approximate surface area is 101 Å². The van der Waals surface area contributed by atoms with Gasteiger partial charge < -0.3 is 0 Å². The van der Waals surface area contributed by atoms with Crippen LogP contribution in [0.4, 0.5) is 0 Å². The molecule has 0 saturated carbocycles. The molecule has 0 fully saturated rings. The molecule has 1 aromatic carbocycles. The Morgan fingerprint density at radius 1 is 1.00 bits per heavy atom. The van der Waals surface area contributed by atoms with Crippen LogP contribution in [0.1, 0.15) is 12.5 Å². The van der Waals surface area contributed by atoms with Crippen LogP contribution >= 0.6 is 0 Å². The van der Waals surface area contributed by atoms with Crippen LogP contribution in [0.15, 0.2) is 55.4 Å². The van der Waals surface area contributed by atoms with Crippen LogP contribution in [0, 0.1) is 0 Å². The van der Waals surface area contributed by atoms with E-state index in [0.717, 1.165) is 16.7 Å². The van der Waals surface area contributed by atoms with Crippen molar-refractivity contribution in [3.8, 4) is 11.1 Å². The lowest BCUT2D eigenvalue weighted by molar-refractivity contribution is -0.111. The summed E-state index contributed by atoms with van der Waals surface area (Å²) in [5.41, 5.74) is 3.63. The number of carbonyl (C=O) groups excluding carboxylic acids is 1. The monoisotopic (exact) mass is 223 g/mol. The molecule has 1 aromatic heterocycles. The lowest BCUT2D eigenvalue weighted by Gasteiger charge is -2.04. The Hall–Kier alpha value is -2.22. The highest BCUT2D eigenvalue weighted by atomic mass is 16.1. The Bertz CT molecular complexity index is 541. The highest BCUT2D eigenvalue weighted by Gasteiger charge is 2.04. The SMILES string of the molecule is C=C(C(C)=O)c1ccc(-c2ccncc2)cc1. The van der Waals surface area contributed by atoms with Gasteiger partial charge in [0.15, 0.2) is 5.78 Å². The van der Waals surface area contributed by atoms with E-state index >= 15 is 0 Å². The number of carbonyl (C=O) groups is 1. The minimum absolute atomic E-state index is 0.00154. The maximum atomic E-state index is 11.2. The molecule has 2 heteroatoms. The topological polar surface area (TPSA) is 30.0 Å². The molecule has 0 aliphatic rings. The number of allylic oxidation sites excluding steroid dienone is 1. The van der Waals surface area contributed by atoms with Crippen LogP contribution < -0.4 is 0 Å². The predicted molar refractivity (Wildman–Crippen MR) is 69.4 cm³/mol. The summed E-state index contributed by atoms with van der Waals surface area (Å²) >= 11 is 0. The third-order valence-corrected chi connectivity index (χ3v) is 2.67. The van der Waals surface area contributed by atoms with E-state index < -0.39 is 0 Å². The largest absolute Gasteiger partial charge is 0.295 e. The van der Waals surface area contributed by atoms with Crippen molar-refractivity contribution >= 4 is 11.4 Å². The van der Waals surface area contributed by atoms with Crippen molar-refractivity contribution in [1.82, 2.24) is 4.98 Å². The summed E-state index contributed by atoms with van der Waals surface area (Å²) in [6.45, 7) is 5.29. The summed E-state index contributed by atoms with van der Waals surface area (Å²) < 4.78 is 0. The number of pyridine rings is 1. The molecule has 84 valence electrons. The molecule has 2 aromatic rings. The fourth-order valence-corrected chi connectivity index (χ4v) is 1.61. The van der Waals surface area contributed by atoms with E-state index in [4.69, 9.17) is 0 Å². The minimum Gasteiger partial charge on any atom is -0.295 e. The number of hydrogen-bond donors (Lipinski definition) is 0. The number of aromatic nitrogens is 1. The molecule has 0 amide bonds. The third-order valence-electron chi connectivity index (χ3n) is 2.67. The predicted octanol–water partition coefficient (Wildman–Crippen LogP) is 3.35. The van der Waals surface area contributed by atoms with Gasteiger partial charge in [-0.1, -0.05) is 30.8 Å². The van der Waals surface area contributed by atoms with Crippen LogP contribution in [0.2, 0.25) is 0 Å². The Morgan fingerprint density at radius 2 is 1.53 bits per heavy atom. The molecule has 2 nitrogen and oxygen atoms in total. The molecule has 0 radical (unpaired) electrons. The molecule has 1 heterocycles. The van der Waals surface area contributed by atoms with Crippen molar-refractivity contribution < 1.29 is 4.79 Å². The second-order valence-electron chi connectivity index (χ2n) is 3.85. The summed E-state index contributed by atoms with van der Waals surface area (Å²) in [7, 11) is 0. The second kappa shape index (κ2) is 4.74. The molecule has 0 bridgehead atoms. The Morgan fingerprint density at radius 3 is 2.06 bits per heavy atom. The zero-order valence-corrected chi connectivity index (χ0v) is 9.68. The van der Waals surface area contributed by atoms with Gasteiger partial charge in [-0.3, -0.25) is 9.78 Å². The summed E-state index contributed by atoms with van der Waals surface area (Å²) in [4.78, 5) is 15.2. The van der Waals surface area contributed by atoms with Crippen LogP contribution in [0.3, 0.4) is 0 Å². The number of nitrogens with zero attached hydrogens (tertiary/aromatic N) is 1. The maximum Gasteiger partial charge on any atom is 0.159 e. The Kier molecular flexibility index (Phi) is 3.15. The molecular weight excluding hydrogens is 210 g/mol. The lowest BCUT2D eigenvalue weighted by Crippen LogP contribution is -1.93. The first-order valence-electron chi connectivity index (χ1n) is 5.39. The number of ketones is 1. The zero-order valence-electron chi connectivity index (χ0n) is 9.68. The molecule has 0 aliphatic carbocycles. The quantitative estimate of drug-likeness (QED) is 0.747. The van der Waals surface area contributed by atoms with Gasteiger partial charge in [0, 0.05) is 18.0 Å². The van der Waals surface area contributed by atoms with Crippen LogP contribution in [-0.2, 0) is 4.79 Å². The van der Waals surface area contributed by atoms with Gasteiger partial charge in [-0.05, 0) is 35.7 Å². The van der Waals surface area contributed by atoms with Gasteiger partial charge in [-0.15, -0.1) is 0 Å². The first-order chi connectivity index (χ1) is 8.18. The highest BCUT2D eigenvalue weighted by Crippen LogP contribution is 2.21. The van der Waals surface area contributed by atoms with E-state index in [1.54, 1.807) is 12.4 Å². The fourth-order valence-electron chi connectivity index (χ4n) is 1.61. The molecule has 0 N–H and O–H groups in total. The lowest BCUT2D eigenvalue weighted by atomic mass is 10.0. The fraction of sp³-hybridized carbons (Fsp3) is 0.0667. The molecule has 0 unspecified atom stereocenters. The number of Topliss-reactive ketones (excluding diaryl/α,β-unsaturated/α-hetero) is 1. The maximum absolute atomic E-state index is 11.2. The van der Waals surface area contributed by atoms with E-state index in [1.807, 2.05) is 36.4 Å². The average molecular weight is 223 g/mol. The summed E-state index contributed by atoms with van der Waals surface area (Å²) in [6.07, 6.45) is 3.52. The molecule has 0 saturated heterocycles. The van der Waals surface area contributed by atoms with Crippen molar-refractivity contribution in [2.24, 2.45) is 0 Å². The summed E-state index contributed by atoms with van der Waals surface area (Å²) in [5, 5.41) is 0. The minimum atomic E-state index is 0.00154. The molecular formula is C15H13NO. The highest BCUT2D eigenvalue weighted by molar-refractivity contribution is 6.18. The summed E-state index contributed by atoms with van der Waals surface area (Å²) in [5.74, 6) is 0.00154. The van der Waals surface area contributed by atoms with Gasteiger partial charge >= 0.3 is 0 Å².